The third-order valence-electron chi connectivity index (χ3n) is 3.13. The number of nitrogens with one attached hydrogen (secondary N) is 1. The molecule has 0 heterocycles. The van der Waals surface area contributed by atoms with Gasteiger partial charge in [-0.05, 0) is 25.0 Å². The molecule has 1 aromatic carbocycles. The van der Waals surface area contributed by atoms with Crippen molar-refractivity contribution in [2.45, 2.75) is 33.1 Å². The first-order valence-electron chi connectivity index (χ1n) is 7.88. The van der Waals surface area contributed by atoms with E-state index < -0.39 is 12.1 Å². The van der Waals surface area contributed by atoms with Crippen LogP contribution in [0.2, 0.25) is 0 Å². The second-order valence-electron chi connectivity index (χ2n) is 5.10. The highest BCUT2D eigenvalue weighted by atomic mass is 16.6. The number of esters is 1. The highest BCUT2D eigenvalue weighted by Gasteiger charge is 2.15. The van der Waals surface area contributed by atoms with E-state index in [2.05, 4.69) is 11.9 Å². The van der Waals surface area contributed by atoms with E-state index in [1.165, 1.54) is 6.08 Å². The molecule has 1 N–H and O–H groups in total. The molecule has 0 aliphatic carbocycles. The minimum Gasteiger partial charge on any atom is -0.454 e. The van der Waals surface area contributed by atoms with E-state index in [1.807, 2.05) is 31.2 Å². The quantitative estimate of drug-likeness (QED) is 0.494. The Morgan fingerprint density at radius 2 is 1.92 bits per heavy atom. The van der Waals surface area contributed by atoms with Crippen molar-refractivity contribution in [1.29, 1.82) is 0 Å². The highest BCUT2D eigenvalue weighted by molar-refractivity contribution is 5.81. The van der Waals surface area contributed by atoms with Crippen LogP contribution in [0, 0.1) is 0 Å². The average molecular weight is 335 g/mol. The first-order valence-corrected chi connectivity index (χ1v) is 7.88. The molecule has 1 aromatic rings. The highest BCUT2D eigenvalue weighted by Crippen LogP contribution is 2.05. The number of hydrogen-bond donors (Lipinski definition) is 1. The maximum atomic E-state index is 11.7. The molecule has 0 aromatic heterocycles. The zero-order valence-electron chi connectivity index (χ0n) is 14.2. The molecule has 0 radical (unpaired) electrons. The van der Waals surface area contributed by atoms with Gasteiger partial charge in [-0.3, -0.25) is 4.79 Å². The molecule has 0 saturated carbocycles. The van der Waals surface area contributed by atoms with Crippen molar-refractivity contribution in [3.05, 3.63) is 48.0 Å². The Bertz CT molecular complexity index is 527. The molecule has 0 spiro atoms. The van der Waals surface area contributed by atoms with Gasteiger partial charge in [-0.15, -0.1) is 6.58 Å². The molecule has 1 rings (SSSR count). The fourth-order valence-corrected chi connectivity index (χ4v) is 1.76. The largest absolute Gasteiger partial charge is 0.454 e. The number of amides is 1. The van der Waals surface area contributed by atoms with E-state index in [1.54, 1.807) is 6.92 Å². The fourth-order valence-electron chi connectivity index (χ4n) is 1.76. The number of benzene rings is 1. The summed E-state index contributed by atoms with van der Waals surface area (Å²) >= 11 is 0. The predicted molar refractivity (Wildman–Crippen MR) is 90.2 cm³/mol. The first kappa shape index (κ1) is 19.9. The van der Waals surface area contributed by atoms with Gasteiger partial charge in [0.15, 0.2) is 12.7 Å². The summed E-state index contributed by atoms with van der Waals surface area (Å²) in [5.74, 6) is -0.940. The molecular formula is C18H25NO5. The number of carbonyl (C=O) groups excluding carboxylic acids is 2. The zero-order valence-corrected chi connectivity index (χ0v) is 14.2. The molecule has 1 unspecified atom stereocenters. The Morgan fingerprint density at radius 1 is 1.25 bits per heavy atom. The van der Waals surface area contributed by atoms with E-state index in [-0.39, 0.29) is 19.1 Å². The summed E-state index contributed by atoms with van der Waals surface area (Å²) in [5.41, 5.74) is 2.03. The lowest BCUT2D eigenvalue weighted by atomic mass is 10.1. The maximum absolute atomic E-state index is 11.7. The van der Waals surface area contributed by atoms with Gasteiger partial charge in [-0.2, -0.15) is 0 Å². The third kappa shape index (κ3) is 7.89. The van der Waals surface area contributed by atoms with Gasteiger partial charge in [0, 0.05) is 13.2 Å². The van der Waals surface area contributed by atoms with Crippen LogP contribution in [0.25, 0.3) is 0 Å². The van der Waals surface area contributed by atoms with Crippen molar-refractivity contribution in [2.75, 3.05) is 19.8 Å². The third-order valence-corrected chi connectivity index (χ3v) is 3.13. The molecule has 132 valence electrons. The van der Waals surface area contributed by atoms with Crippen molar-refractivity contribution in [3.8, 4) is 0 Å². The van der Waals surface area contributed by atoms with E-state index in [4.69, 9.17) is 14.2 Å². The summed E-state index contributed by atoms with van der Waals surface area (Å²) in [6, 6.07) is 7.75. The number of hydrogen-bond acceptors (Lipinski definition) is 5. The molecule has 0 bridgehead atoms. The molecule has 6 heteroatoms. The molecule has 0 fully saturated rings. The van der Waals surface area contributed by atoms with Gasteiger partial charge in [0.1, 0.15) is 0 Å². The van der Waals surface area contributed by atoms with Crippen LogP contribution >= 0.6 is 0 Å². The minimum absolute atomic E-state index is 0.252. The fraction of sp³-hybridized carbons (Fsp3) is 0.444. The van der Waals surface area contributed by atoms with Crippen LogP contribution in [0.15, 0.2) is 36.9 Å². The van der Waals surface area contributed by atoms with Crippen molar-refractivity contribution in [2.24, 2.45) is 0 Å². The van der Waals surface area contributed by atoms with Crippen molar-refractivity contribution in [1.82, 2.24) is 5.32 Å². The maximum Gasteiger partial charge on any atom is 0.335 e. The Morgan fingerprint density at radius 3 is 2.54 bits per heavy atom. The lowest BCUT2D eigenvalue weighted by Crippen LogP contribution is -2.31. The van der Waals surface area contributed by atoms with Gasteiger partial charge >= 0.3 is 5.97 Å². The van der Waals surface area contributed by atoms with E-state index >= 15 is 0 Å². The van der Waals surface area contributed by atoms with Crippen LogP contribution in [-0.2, 0) is 37.0 Å². The number of carbonyl (C=O) groups is 2. The molecular weight excluding hydrogens is 310 g/mol. The number of rotatable bonds is 11. The van der Waals surface area contributed by atoms with Crippen molar-refractivity contribution in [3.63, 3.8) is 0 Å². The van der Waals surface area contributed by atoms with Crippen LogP contribution in [0.4, 0.5) is 0 Å². The van der Waals surface area contributed by atoms with Crippen LogP contribution in [0.1, 0.15) is 25.0 Å². The smallest absolute Gasteiger partial charge is 0.335 e. The van der Waals surface area contributed by atoms with Crippen LogP contribution < -0.4 is 5.32 Å². The summed E-state index contributed by atoms with van der Waals surface area (Å²) in [5, 5.41) is 2.69. The topological polar surface area (TPSA) is 73.9 Å². The summed E-state index contributed by atoms with van der Waals surface area (Å²) in [6.07, 6.45) is 0.810. The lowest BCUT2D eigenvalue weighted by Gasteiger charge is -2.11. The Hall–Kier alpha value is -2.18. The van der Waals surface area contributed by atoms with Gasteiger partial charge < -0.3 is 19.5 Å². The van der Waals surface area contributed by atoms with Crippen LogP contribution in [0.5, 0.6) is 0 Å². The Balaban J connectivity index is 2.28. The lowest BCUT2D eigenvalue weighted by molar-refractivity contribution is -0.158. The molecule has 1 amide bonds. The molecule has 1 atom stereocenters. The van der Waals surface area contributed by atoms with Crippen LogP contribution in [0.3, 0.4) is 0 Å². The SMILES string of the molecule is C=CCOC(C)C(=O)OCC(=O)NCc1ccc(COCC)cc1. The van der Waals surface area contributed by atoms with Gasteiger partial charge in [0.2, 0.25) is 0 Å². The molecule has 24 heavy (non-hydrogen) atoms. The van der Waals surface area contributed by atoms with Crippen molar-refractivity contribution < 1.29 is 23.8 Å². The zero-order chi connectivity index (χ0) is 17.8. The van der Waals surface area contributed by atoms with E-state index in [0.717, 1.165) is 11.1 Å². The second kappa shape index (κ2) is 11.4. The summed E-state index contributed by atoms with van der Waals surface area (Å²) < 4.78 is 15.3. The summed E-state index contributed by atoms with van der Waals surface area (Å²) in [7, 11) is 0. The Labute approximate surface area is 142 Å². The second-order valence-corrected chi connectivity index (χ2v) is 5.10. The first-order chi connectivity index (χ1) is 11.6. The minimum atomic E-state index is -0.728. The van der Waals surface area contributed by atoms with Gasteiger partial charge in [0.05, 0.1) is 13.2 Å². The Kier molecular flexibility index (Phi) is 9.41. The molecule has 0 saturated heterocycles. The summed E-state index contributed by atoms with van der Waals surface area (Å²) in [4.78, 5) is 23.3. The van der Waals surface area contributed by atoms with E-state index in [0.29, 0.717) is 19.8 Å². The van der Waals surface area contributed by atoms with Crippen LogP contribution in [-0.4, -0.2) is 37.8 Å². The standard InChI is InChI=1S/C18H25NO5/c1-4-10-23-14(3)18(21)24-13-17(20)19-11-15-6-8-16(9-7-15)12-22-5-2/h4,6-9,14H,1,5,10-13H2,2-3H3,(H,19,20). The molecule has 0 aliphatic heterocycles. The van der Waals surface area contributed by atoms with Gasteiger partial charge in [0.25, 0.3) is 5.91 Å². The van der Waals surface area contributed by atoms with Crippen molar-refractivity contribution >= 4 is 11.9 Å². The molecule has 0 aliphatic rings. The summed E-state index contributed by atoms with van der Waals surface area (Å²) in [6.45, 7) is 8.54. The van der Waals surface area contributed by atoms with Gasteiger partial charge in [-0.1, -0.05) is 30.3 Å². The van der Waals surface area contributed by atoms with E-state index in [9.17, 15) is 9.59 Å². The number of ether oxygens (including phenoxy) is 3. The molecule has 6 nitrogen and oxygen atoms in total. The normalized spacial score (nSPS) is 11.6. The average Bonchev–Trinajstić information content (AvgIpc) is 2.61. The monoisotopic (exact) mass is 335 g/mol. The predicted octanol–water partition coefficient (Wildman–Crippen LogP) is 1.97. The van der Waals surface area contributed by atoms with Gasteiger partial charge in [-0.25, -0.2) is 4.79 Å².